The molecule has 0 amide bonds. The van der Waals surface area contributed by atoms with Gasteiger partial charge in [0.05, 0.1) is 5.56 Å². The predicted octanol–water partition coefficient (Wildman–Crippen LogP) is 3.69. The maximum Gasteiger partial charge on any atom is 0.141 e. The van der Waals surface area contributed by atoms with E-state index in [4.69, 9.17) is 5.26 Å². The molecule has 2 nitrogen and oxygen atoms in total. The second kappa shape index (κ2) is 4.37. The minimum Gasteiger partial charge on any atom is -0.382 e. The van der Waals surface area contributed by atoms with Crippen LogP contribution in [0.4, 0.5) is 10.1 Å². The van der Waals surface area contributed by atoms with Gasteiger partial charge in [-0.3, -0.25) is 0 Å². The van der Waals surface area contributed by atoms with Crippen LogP contribution < -0.4 is 5.32 Å². The van der Waals surface area contributed by atoms with E-state index in [9.17, 15) is 4.39 Å². The Bertz CT molecular complexity index is 460. The largest absolute Gasteiger partial charge is 0.382 e. The summed E-state index contributed by atoms with van der Waals surface area (Å²) >= 11 is 0. The summed E-state index contributed by atoms with van der Waals surface area (Å²) in [4.78, 5) is 0. The molecule has 1 atom stereocenters. The summed E-state index contributed by atoms with van der Waals surface area (Å²) in [6, 6.07) is 6.90. The molecule has 1 fully saturated rings. The summed E-state index contributed by atoms with van der Waals surface area (Å²) in [6.07, 6.45) is 3.56. The monoisotopic (exact) mass is 232 g/mol. The molecule has 1 aromatic rings. The molecule has 17 heavy (non-hydrogen) atoms. The van der Waals surface area contributed by atoms with Crippen molar-refractivity contribution in [3.63, 3.8) is 0 Å². The number of hydrogen-bond acceptors (Lipinski definition) is 2. The van der Waals surface area contributed by atoms with Crippen molar-refractivity contribution >= 4 is 5.69 Å². The molecule has 0 spiro atoms. The lowest BCUT2D eigenvalue weighted by atomic mass is 9.87. The van der Waals surface area contributed by atoms with Crippen LogP contribution >= 0.6 is 0 Å². The molecule has 1 saturated carbocycles. The smallest absolute Gasteiger partial charge is 0.141 e. The third kappa shape index (κ3) is 2.41. The Balaban J connectivity index is 2.17. The zero-order valence-electron chi connectivity index (χ0n) is 10.3. The van der Waals surface area contributed by atoms with Crippen molar-refractivity contribution in [1.29, 1.82) is 5.26 Å². The number of anilines is 1. The van der Waals surface area contributed by atoms with Crippen LogP contribution in [0, 0.1) is 22.6 Å². The fraction of sp³-hybridized carbons (Fsp3) is 0.500. The lowest BCUT2D eigenvalue weighted by Crippen LogP contribution is -2.30. The van der Waals surface area contributed by atoms with Crippen LogP contribution in [0.25, 0.3) is 0 Å². The van der Waals surface area contributed by atoms with E-state index in [1.54, 1.807) is 12.1 Å². The third-order valence-electron chi connectivity index (χ3n) is 3.68. The first-order valence-electron chi connectivity index (χ1n) is 5.99. The highest BCUT2D eigenvalue weighted by atomic mass is 19.1. The number of hydrogen-bond donors (Lipinski definition) is 1. The van der Waals surface area contributed by atoms with Crippen molar-refractivity contribution in [2.24, 2.45) is 5.41 Å². The maximum atomic E-state index is 13.2. The molecule has 1 unspecified atom stereocenters. The normalized spacial score (nSPS) is 22.1. The molecule has 3 heteroatoms. The summed E-state index contributed by atoms with van der Waals surface area (Å²) in [5.74, 6) is -0.455. The number of nitrogens with one attached hydrogen (secondary N) is 1. The van der Waals surface area contributed by atoms with Crippen LogP contribution in [-0.2, 0) is 0 Å². The van der Waals surface area contributed by atoms with E-state index in [1.807, 2.05) is 6.07 Å². The van der Waals surface area contributed by atoms with E-state index in [0.29, 0.717) is 6.04 Å². The van der Waals surface area contributed by atoms with Crippen molar-refractivity contribution < 1.29 is 4.39 Å². The predicted molar refractivity (Wildman–Crippen MR) is 66.2 cm³/mol. The van der Waals surface area contributed by atoms with Crippen LogP contribution in [0.15, 0.2) is 18.2 Å². The van der Waals surface area contributed by atoms with Crippen molar-refractivity contribution in [2.45, 2.75) is 39.2 Å². The summed E-state index contributed by atoms with van der Waals surface area (Å²) < 4.78 is 13.2. The summed E-state index contributed by atoms with van der Waals surface area (Å²) in [7, 11) is 0. The summed E-state index contributed by atoms with van der Waals surface area (Å²) in [6.45, 7) is 4.48. The molecule has 90 valence electrons. The van der Waals surface area contributed by atoms with Gasteiger partial charge in [0.15, 0.2) is 0 Å². The zero-order valence-corrected chi connectivity index (χ0v) is 10.3. The van der Waals surface area contributed by atoms with Gasteiger partial charge in [0.2, 0.25) is 0 Å². The molecule has 0 aromatic heterocycles. The molecule has 0 heterocycles. The van der Waals surface area contributed by atoms with Gasteiger partial charge in [-0.25, -0.2) is 4.39 Å². The van der Waals surface area contributed by atoms with E-state index < -0.39 is 5.82 Å². The van der Waals surface area contributed by atoms with Crippen LogP contribution in [-0.4, -0.2) is 6.04 Å². The van der Waals surface area contributed by atoms with Crippen LogP contribution in [0.5, 0.6) is 0 Å². The average Bonchev–Trinajstić information content (AvgIpc) is 2.61. The first kappa shape index (κ1) is 11.9. The van der Waals surface area contributed by atoms with Gasteiger partial charge in [0.1, 0.15) is 11.9 Å². The second-order valence-electron chi connectivity index (χ2n) is 5.38. The fourth-order valence-electron chi connectivity index (χ4n) is 2.50. The highest BCUT2D eigenvalue weighted by molar-refractivity contribution is 5.50. The maximum absolute atomic E-state index is 13.2. The number of halogens is 1. The van der Waals surface area contributed by atoms with Gasteiger partial charge in [-0.2, -0.15) is 5.26 Å². The lowest BCUT2D eigenvalue weighted by molar-refractivity contribution is 0.350. The average molecular weight is 232 g/mol. The molecule has 1 aliphatic carbocycles. The Hall–Kier alpha value is -1.56. The Morgan fingerprint density at radius 3 is 2.82 bits per heavy atom. The minimum absolute atomic E-state index is 0.103. The van der Waals surface area contributed by atoms with Crippen LogP contribution in [0.2, 0.25) is 0 Å². The Labute approximate surface area is 101 Å². The van der Waals surface area contributed by atoms with Crippen LogP contribution in [0.1, 0.15) is 38.7 Å². The first-order chi connectivity index (χ1) is 8.03. The fourth-order valence-corrected chi connectivity index (χ4v) is 2.50. The third-order valence-corrected chi connectivity index (χ3v) is 3.68. The number of nitriles is 1. The Morgan fingerprint density at radius 1 is 1.47 bits per heavy atom. The SMILES string of the molecule is CC1(C)CCCC1Nc1ccc(F)c(C#N)c1. The van der Waals surface area contributed by atoms with E-state index in [0.717, 1.165) is 12.1 Å². The number of benzene rings is 1. The Kier molecular flexibility index (Phi) is 3.06. The molecule has 1 N–H and O–H groups in total. The lowest BCUT2D eigenvalue weighted by Gasteiger charge is -2.28. The quantitative estimate of drug-likeness (QED) is 0.844. The van der Waals surface area contributed by atoms with Crippen molar-refractivity contribution in [3.8, 4) is 6.07 Å². The molecule has 0 saturated heterocycles. The first-order valence-corrected chi connectivity index (χ1v) is 5.99. The van der Waals surface area contributed by atoms with Gasteiger partial charge >= 0.3 is 0 Å². The van der Waals surface area contributed by atoms with E-state index >= 15 is 0 Å². The van der Waals surface area contributed by atoms with E-state index in [1.165, 1.54) is 18.9 Å². The standard InChI is InChI=1S/C14H17FN2/c1-14(2)7-3-4-13(14)17-11-5-6-12(15)10(8-11)9-16/h5-6,8,13,17H,3-4,7H2,1-2H3. The van der Waals surface area contributed by atoms with Gasteiger partial charge < -0.3 is 5.32 Å². The van der Waals surface area contributed by atoms with Crippen LogP contribution in [0.3, 0.4) is 0 Å². The summed E-state index contributed by atoms with van der Waals surface area (Å²) in [5, 5.41) is 12.2. The molecule has 0 bridgehead atoms. The number of rotatable bonds is 2. The highest BCUT2D eigenvalue weighted by Gasteiger charge is 2.34. The van der Waals surface area contributed by atoms with Crippen molar-refractivity contribution in [2.75, 3.05) is 5.32 Å². The molecule has 0 aliphatic heterocycles. The van der Waals surface area contributed by atoms with Crippen molar-refractivity contribution in [1.82, 2.24) is 0 Å². The molecule has 0 radical (unpaired) electrons. The molecule has 1 aromatic carbocycles. The topological polar surface area (TPSA) is 35.8 Å². The zero-order chi connectivity index (χ0) is 12.5. The summed E-state index contributed by atoms with van der Waals surface area (Å²) in [5.41, 5.74) is 1.20. The second-order valence-corrected chi connectivity index (χ2v) is 5.38. The van der Waals surface area contributed by atoms with Crippen molar-refractivity contribution in [3.05, 3.63) is 29.6 Å². The molecular formula is C14H17FN2. The van der Waals surface area contributed by atoms with Gasteiger partial charge in [0.25, 0.3) is 0 Å². The van der Waals surface area contributed by atoms with Gasteiger partial charge in [-0.05, 0) is 36.5 Å². The molecular weight excluding hydrogens is 215 g/mol. The van der Waals surface area contributed by atoms with Gasteiger partial charge in [-0.1, -0.05) is 20.3 Å². The van der Waals surface area contributed by atoms with E-state index in [-0.39, 0.29) is 11.0 Å². The Morgan fingerprint density at radius 2 is 2.24 bits per heavy atom. The molecule has 1 aliphatic rings. The molecule has 2 rings (SSSR count). The highest BCUT2D eigenvalue weighted by Crippen LogP contribution is 2.39. The van der Waals surface area contributed by atoms with Gasteiger partial charge in [0, 0.05) is 11.7 Å². The number of nitrogens with zero attached hydrogens (tertiary/aromatic N) is 1. The van der Waals surface area contributed by atoms with Gasteiger partial charge in [-0.15, -0.1) is 0 Å². The van der Waals surface area contributed by atoms with E-state index in [2.05, 4.69) is 19.2 Å². The minimum atomic E-state index is -0.455.